The summed E-state index contributed by atoms with van der Waals surface area (Å²) < 4.78 is 11.1. The number of carbonyl (C=O) groups excluding carboxylic acids is 1. The van der Waals surface area contributed by atoms with E-state index in [0.717, 1.165) is 35.6 Å². The third-order valence-corrected chi connectivity index (χ3v) is 4.35. The molecule has 0 fully saturated rings. The van der Waals surface area contributed by atoms with E-state index in [2.05, 4.69) is 17.4 Å². The summed E-state index contributed by atoms with van der Waals surface area (Å²) in [4.78, 5) is 12.3. The number of ether oxygens (including phenoxy) is 2. The van der Waals surface area contributed by atoms with Gasteiger partial charge < -0.3 is 14.8 Å². The van der Waals surface area contributed by atoms with Crippen LogP contribution in [-0.4, -0.2) is 19.1 Å². The standard InChI is InChI=1S/C19H19NO3/c21-19(20-16-6-5-14-2-1-3-15(14)12-16)11-13-4-7-17-18(10-13)23-9-8-22-17/h4-7,10,12H,1-3,8-9,11H2,(H,20,21). The molecule has 0 radical (unpaired) electrons. The lowest BCUT2D eigenvalue weighted by atomic mass is 10.1. The number of nitrogens with one attached hydrogen (secondary N) is 1. The number of anilines is 1. The van der Waals surface area contributed by atoms with Crippen molar-refractivity contribution in [1.29, 1.82) is 0 Å². The first-order valence-corrected chi connectivity index (χ1v) is 8.08. The molecule has 1 N–H and O–H groups in total. The zero-order valence-corrected chi connectivity index (χ0v) is 12.9. The van der Waals surface area contributed by atoms with Gasteiger partial charge in [0.1, 0.15) is 13.2 Å². The molecule has 23 heavy (non-hydrogen) atoms. The zero-order chi connectivity index (χ0) is 15.6. The van der Waals surface area contributed by atoms with Gasteiger partial charge in [-0.15, -0.1) is 0 Å². The fourth-order valence-electron chi connectivity index (χ4n) is 3.24. The molecule has 0 saturated carbocycles. The molecule has 1 heterocycles. The maximum absolute atomic E-state index is 12.3. The highest BCUT2D eigenvalue weighted by Crippen LogP contribution is 2.31. The molecule has 0 atom stereocenters. The van der Waals surface area contributed by atoms with Crippen LogP contribution < -0.4 is 14.8 Å². The van der Waals surface area contributed by atoms with Crippen molar-refractivity contribution in [1.82, 2.24) is 0 Å². The third-order valence-electron chi connectivity index (χ3n) is 4.35. The second-order valence-electron chi connectivity index (χ2n) is 6.04. The number of hydrogen-bond acceptors (Lipinski definition) is 3. The van der Waals surface area contributed by atoms with Crippen molar-refractivity contribution in [3.05, 3.63) is 53.1 Å². The summed E-state index contributed by atoms with van der Waals surface area (Å²) in [6, 6.07) is 11.9. The van der Waals surface area contributed by atoms with Crippen LogP contribution in [0.4, 0.5) is 5.69 Å². The van der Waals surface area contributed by atoms with Crippen LogP contribution in [0.3, 0.4) is 0 Å². The zero-order valence-electron chi connectivity index (χ0n) is 12.9. The van der Waals surface area contributed by atoms with Crippen molar-refractivity contribution in [3.63, 3.8) is 0 Å². The van der Waals surface area contributed by atoms with Crippen molar-refractivity contribution in [2.24, 2.45) is 0 Å². The molecule has 0 saturated heterocycles. The van der Waals surface area contributed by atoms with Crippen molar-refractivity contribution in [2.45, 2.75) is 25.7 Å². The quantitative estimate of drug-likeness (QED) is 0.947. The molecule has 4 rings (SSSR count). The molecule has 2 aliphatic rings. The van der Waals surface area contributed by atoms with Crippen LogP contribution in [-0.2, 0) is 24.1 Å². The third kappa shape index (κ3) is 3.02. The molecule has 0 unspecified atom stereocenters. The van der Waals surface area contributed by atoms with Gasteiger partial charge in [0, 0.05) is 5.69 Å². The molecule has 118 valence electrons. The van der Waals surface area contributed by atoms with E-state index in [-0.39, 0.29) is 5.91 Å². The highest BCUT2D eigenvalue weighted by Gasteiger charge is 2.14. The van der Waals surface area contributed by atoms with E-state index >= 15 is 0 Å². The molecular formula is C19H19NO3. The Labute approximate surface area is 135 Å². The Hall–Kier alpha value is -2.49. The SMILES string of the molecule is O=C(Cc1ccc2c(c1)OCCO2)Nc1ccc2c(c1)CCC2. The van der Waals surface area contributed by atoms with E-state index in [9.17, 15) is 4.79 Å². The van der Waals surface area contributed by atoms with E-state index in [1.54, 1.807) is 0 Å². The van der Waals surface area contributed by atoms with Crippen molar-refractivity contribution in [3.8, 4) is 11.5 Å². The van der Waals surface area contributed by atoms with Crippen LogP contribution in [0.2, 0.25) is 0 Å². The van der Waals surface area contributed by atoms with Crippen LogP contribution in [0, 0.1) is 0 Å². The predicted molar refractivity (Wildman–Crippen MR) is 88.2 cm³/mol. The summed E-state index contributed by atoms with van der Waals surface area (Å²) in [5.41, 5.74) is 4.58. The molecule has 4 nitrogen and oxygen atoms in total. The Morgan fingerprint density at radius 3 is 2.70 bits per heavy atom. The average Bonchev–Trinajstić information content (AvgIpc) is 3.02. The molecule has 0 bridgehead atoms. The minimum Gasteiger partial charge on any atom is -0.486 e. The molecule has 0 aromatic heterocycles. The Morgan fingerprint density at radius 2 is 1.78 bits per heavy atom. The Morgan fingerprint density at radius 1 is 0.957 bits per heavy atom. The van der Waals surface area contributed by atoms with Gasteiger partial charge in [-0.3, -0.25) is 4.79 Å². The summed E-state index contributed by atoms with van der Waals surface area (Å²) in [6.07, 6.45) is 3.81. The second-order valence-corrected chi connectivity index (χ2v) is 6.04. The van der Waals surface area contributed by atoms with Crippen molar-refractivity contribution >= 4 is 11.6 Å². The normalized spacial score (nSPS) is 15.1. The number of hydrogen-bond donors (Lipinski definition) is 1. The summed E-state index contributed by atoms with van der Waals surface area (Å²) in [5.74, 6) is 1.46. The van der Waals surface area contributed by atoms with E-state index in [1.165, 1.54) is 17.5 Å². The summed E-state index contributed by atoms with van der Waals surface area (Å²) in [7, 11) is 0. The van der Waals surface area contributed by atoms with Gasteiger partial charge in [-0.1, -0.05) is 12.1 Å². The van der Waals surface area contributed by atoms with Gasteiger partial charge in [0.25, 0.3) is 0 Å². The van der Waals surface area contributed by atoms with E-state index in [1.807, 2.05) is 24.3 Å². The van der Waals surface area contributed by atoms with Crippen LogP contribution >= 0.6 is 0 Å². The van der Waals surface area contributed by atoms with E-state index in [0.29, 0.717) is 19.6 Å². The molecule has 4 heteroatoms. The number of rotatable bonds is 3. The van der Waals surface area contributed by atoms with Crippen molar-refractivity contribution in [2.75, 3.05) is 18.5 Å². The van der Waals surface area contributed by atoms with Crippen LogP contribution in [0.1, 0.15) is 23.1 Å². The van der Waals surface area contributed by atoms with Crippen molar-refractivity contribution < 1.29 is 14.3 Å². The number of fused-ring (bicyclic) bond motifs is 2. The first-order chi connectivity index (χ1) is 11.3. The number of aryl methyl sites for hydroxylation is 2. The lowest BCUT2D eigenvalue weighted by Crippen LogP contribution is -2.17. The van der Waals surface area contributed by atoms with Crippen LogP contribution in [0.25, 0.3) is 0 Å². The lowest BCUT2D eigenvalue weighted by molar-refractivity contribution is -0.115. The Balaban J connectivity index is 1.44. The highest BCUT2D eigenvalue weighted by atomic mass is 16.6. The summed E-state index contributed by atoms with van der Waals surface area (Å²) in [6.45, 7) is 1.13. The fourth-order valence-corrected chi connectivity index (χ4v) is 3.24. The summed E-state index contributed by atoms with van der Waals surface area (Å²) in [5, 5.41) is 2.99. The monoisotopic (exact) mass is 309 g/mol. The lowest BCUT2D eigenvalue weighted by Gasteiger charge is -2.18. The fraction of sp³-hybridized carbons (Fsp3) is 0.316. The van der Waals surface area contributed by atoms with Gasteiger partial charge in [-0.25, -0.2) is 0 Å². The summed E-state index contributed by atoms with van der Waals surface area (Å²) >= 11 is 0. The minimum atomic E-state index is -0.0142. The molecule has 2 aromatic rings. The topological polar surface area (TPSA) is 47.6 Å². The molecule has 1 aliphatic heterocycles. The number of carbonyl (C=O) groups is 1. The van der Waals surface area contributed by atoms with E-state index in [4.69, 9.17) is 9.47 Å². The largest absolute Gasteiger partial charge is 0.486 e. The van der Waals surface area contributed by atoms with E-state index < -0.39 is 0 Å². The first-order valence-electron chi connectivity index (χ1n) is 8.08. The molecule has 2 aromatic carbocycles. The minimum absolute atomic E-state index is 0.0142. The molecule has 1 amide bonds. The van der Waals surface area contributed by atoms with Crippen LogP contribution in [0.15, 0.2) is 36.4 Å². The van der Waals surface area contributed by atoms with Gasteiger partial charge in [0.15, 0.2) is 11.5 Å². The predicted octanol–water partition coefficient (Wildman–Crippen LogP) is 3.13. The highest BCUT2D eigenvalue weighted by molar-refractivity contribution is 5.92. The van der Waals surface area contributed by atoms with Gasteiger partial charge in [-0.05, 0) is 60.2 Å². The van der Waals surface area contributed by atoms with Gasteiger partial charge in [0.05, 0.1) is 6.42 Å². The van der Waals surface area contributed by atoms with Gasteiger partial charge in [-0.2, -0.15) is 0 Å². The number of benzene rings is 2. The smallest absolute Gasteiger partial charge is 0.228 e. The Kier molecular flexibility index (Phi) is 3.66. The van der Waals surface area contributed by atoms with Crippen LogP contribution in [0.5, 0.6) is 11.5 Å². The second kappa shape index (κ2) is 5.95. The first kappa shape index (κ1) is 14.1. The molecular weight excluding hydrogens is 290 g/mol. The Bertz CT molecular complexity index is 754. The molecule has 0 spiro atoms. The number of amides is 1. The maximum Gasteiger partial charge on any atom is 0.228 e. The van der Waals surface area contributed by atoms with Gasteiger partial charge >= 0.3 is 0 Å². The maximum atomic E-state index is 12.3. The van der Waals surface area contributed by atoms with Gasteiger partial charge in [0.2, 0.25) is 5.91 Å². The average molecular weight is 309 g/mol. The molecule has 1 aliphatic carbocycles.